The lowest BCUT2D eigenvalue weighted by Gasteiger charge is -2.57. The molecule has 44 heavy (non-hydrogen) atoms. The van der Waals surface area contributed by atoms with Crippen LogP contribution in [-0.4, -0.2) is 46.1 Å². The van der Waals surface area contributed by atoms with Crippen LogP contribution < -0.4 is 9.47 Å². The summed E-state index contributed by atoms with van der Waals surface area (Å²) >= 11 is 6.07. The van der Waals surface area contributed by atoms with E-state index in [4.69, 9.17) is 21.1 Å². The van der Waals surface area contributed by atoms with Gasteiger partial charge in [-0.25, -0.2) is 25.6 Å². The van der Waals surface area contributed by atoms with Crippen molar-refractivity contribution in [2.45, 2.75) is 53.2 Å². The van der Waals surface area contributed by atoms with Crippen molar-refractivity contribution in [1.29, 1.82) is 0 Å². The average Bonchev–Trinajstić information content (AvgIpc) is 3.01. The van der Waals surface area contributed by atoms with Crippen LogP contribution in [0, 0.1) is 23.5 Å². The monoisotopic (exact) mass is 663 g/mol. The number of benzene rings is 3. The van der Waals surface area contributed by atoms with E-state index < -0.39 is 65.1 Å². The molecule has 3 aliphatic rings. The Morgan fingerprint density at radius 2 is 1.77 bits per heavy atom. The van der Waals surface area contributed by atoms with Gasteiger partial charge in [0.15, 0.2) is 21.4 Å². The van der Waals surface area contributed by atoms with Crippen LogP contribution in [0.4, 0.5) is 8.78 Å². The van der Waals surface area contributed by atoms with Gasteiger partial charge in [0.25, 0.3) is 0 Å². The summed E-state index contributed by atoms with van der Waals surface area (Å²) < 4.78 is 99.4. The lowest BCUT2D eigenvalue weighted by molar-refractivity contribution is 0.0149. The minimum Gasteiger partial charge on any atom is -0.497 e. The molecule has 2 aliphatic heterocycles. The maximum absolute atomic E-state index is 15.9. The van der Waals surface area contributed by atoms with Gasteiger partial charge in [0.2, 0.25) is 10.0 Å². The SMILES string of the molecule is C=CC[C@@H]1C[C@H]2[C@H](CC[C@@]3(S(=O)(=O)c4ccc(Cl)cc4)c4c(F)ccc(F)c4OC[C@@H]23)N(Cc2ccc(OC)cc2)S1(=O)=O. The Kier molecular flexibility index (Phi) is 8.05. The number of sulfone groups is 1. The fourth-order valence-corrected chi connectivity index (χ4v) is 12.2. The van der Waals surface area contributed by atoms with Gasteiger partial charge in [-0.1, -0.05) is 29.8 Å². The Bertz CT molecular complexity index is 1800. The molecule has 3 aromatic carbocycles. The molecule has 0 spiro atoms. The highest BCUT2D eigenvalue weighted by atomic mass is 35.5. The summed E-state index contributed by atoms with van der Waals surface area (Å²) in [6.45, 7) is 3.60. The fraction of sp³-hybridized carbons (Fsp3) is 0.375. The maximum atomic E-state index is 15.9. The minimum absolute atomic E-state index is 0.0607. The summed E-state index contributed by atoms with van der Waals surface area (Å²) in [6.07, 6.45) is 1.78. The maximum Gasteiger partial charge on any atom is 0.217 e. The predicted octanol–water partition coefficient (Wildman–Crippen LogP) is 6.26. The third kappa shape index (κ3) is 4.74. The molecular weight excluding hydrogens is 632 g/mol. The van der Waals surface area contributed by atoms with E-state index in [0.29, 0.717) is 10.8 Å². The van der Waals surface area contributed by atoms with Gasteiger partial charge in [0.1, 0.15) is 16.3 Å². The standard InChI is InChI=1S/C32H32ClF2NO6S2/c1-3-4-24-17-25-26-19-42-31-28(35)14-13-27(34)30(31)32(26,43(37,38)23-11-7-21(33)8-12-23)16-15-29(25)36(44(24,39)40)18-20-5-9-22(41-2)10-6-20/h3,5-14,24-26,29H,1,4,15-19H2,2H3/t24-,25-,26+,29+,32+/m1/s1. The zero-order valence-corrected chi connectivity index (χ0v) is 26.3. The van der Waals surface area contributed by atoms with E-state index in [1.165, 1.54) is 34.6 Å². The zero-order valence-electron chi connectivity index (χ0n) is 24.0. The van der Waals surface area contributed by atoms with Crippen LogP contribution in [0.3, 0.4) is 0 Å². The lowest BCUT2D eigenvalue weighted by atomic mass is 9.64. The van der Waals surface area contributed by atoms with Crippen molar-refractivity contribution in [2.24, 2.45) is 11.8 Å². The first kappa shape index (κ1) is 31.0. The Morgan fingerprint density at radius 3 is 2.43 bits per heavy atom. The van der Waals surface area contributed by atoms with Crippen LogP contribution in [0.2, 0.25) is 5.02 Å². The number of rotatable bonds is 7. The molecule has 12 heteroatoms. The van der Waals surface area contributed by atoms with E-state index >= 15 is 8.78 Å². The summed E-state index contributed by atoms with van der Waals surface area (Å²) in [5.74, 6) is -2.97. The van der Waals surface area contributed by atoms with Gasteiger partial charge < -0.3 is 9.47 Å². The number of sulfonamides is 1. The summed E-state index contributed by atoms with van der Waals surface area (Å²) in [4.78, 5) is -0.0805. The van der Waals surface area contributed by atoms with Crippen molar-refractivity contribution in [1.82, 2.24) is 4.31 Å². The van der Waals surface area contributed by atoms with Gasteiger partial charge in [0.05, 0.1) is 29.4 Å². The molecule has 3 aromatic rings. The Labute approximate surface area is 261 Å². The van der Waals surface area contributed by atoms with E-state index in [1.54, 1.807) is 31.4 Å². The normalized spacial score (nSPS) is 27.7. The second kappa shape index (κ2) is 11.4. The molecule has 0 bridgehead atoms. The van der Waals surface area contributed by atoms with E-state index in [9.17, 15) is 16.8 Å². The number of hydrogen-bond acceptors (Lipinski definition) is 6. The summed E-state index contributed by atoms with van der Waals surface area (Å²) in [5, 5.41) is -0.558. The first-order valence-corrected chi connectivity index (χ1v) is 17.7. The van der Waals surface area contributed by atoms with Gasteiger partial charge in [-0.3, -0.25) is 0 Å². The number of nitrogens with zero attached hydrogens (tertiary/aromatic N) is 1. The van der Waals surface area contributed by atoms with Gasteiger partial charge in [-0.2, -0.15) is 4.31 Å². The van der Waals surface area contributed by atoms with E-state index in [1.807, 2.05) is 0 Å². The average molecular weight is 664 g/mol. The van der Waals surface area contributed by atoms with Crippen LogP contribution in [-0.2, 0) is 31.2 Å². The van der Waals surface area contributed by atoms with Gasteiger partial charge in [0, 0.05) is 23.5 Å². The third-order valence-corrected chi connectivity index (χ3v) is 14.6. The molecule has 1 saturated heterocycles. The Balaban J connectivity index is 1.52. The molecule has 0 amide bonds. The molecule has 1 saturated carbocycles. The quantitative estimate of drug-likeness (QED) is 0.277. The first-order chi connectivity index (χ1) is 20.9. The number of hydrogen-bond donors (Lipinski definition) is 0. The van der Waals surface area contributed by atoms with Crippen LogP contribution in [0.25, 0.3) is 0 Å². The number of fused-ring (bicyclic) bond motifs is 5. The van der Waals surface area contributed by atoms with Crippen LogP contribution in [0.1, 0.15) is 36.8 Å². The molecule has 6 rings (SSSR count). The van der Waals surface area contributed by atoms with Crippen LogP contribution in [0.5, 0.6) is 11.5 Å². The molecule has 7 nitrogen and oxygen atoms in total. The summed E-state index contributed by atoms with van der Waals surface area (Å²) in [7, 11) is -6.70. The zero-order chi connectivity index (χ0) is 31.4. The molecular formula is C32H32ClF2NO6S2. The van der Waals surface area contributed by atoms with Gasteiger partial charge in [-0.15, -0.1) is 6.58 Å². The minimum atomic E-state index is -4.39. The molecule has 0 unspecified atom stereocenters. The van der Waals surface area contributed by atoms with Crippen molar-refractivity contribution in [3.63, 3.8) is 0 Å². The van der Waals surface area contributed by atoms with E-state index in [2.05, 4.69) is 6.58 Å². The largest absolute Gasteiger partial charge is 0.497 e. The predicted molar refractivity (Wildman–Crippen MR) is 163 cm³/mol. The van der Waals surface area contributed by atoms with Crippen molar-refractivity contribution < 1.29 is 35.1 Å². The highest BCUT2D eigenvalue weighted by Crippen LogP contribution is 2.61. The number of methoxy groups -OCH3 is 1. The second-order valence-corrected chi connectivity index (χ2v) is 16.4. The molecule has 0 N–H and O–H groups in total. The van der Waals surface area contributed by atoms with E-state index in [-0.39, 0.29) is 49.3 Å². The summed E-state index contributed by atoms with van der Waals surface area (Å²) in [6, 6.07) is 13.9. The molecule has 5 atom stereocenters. The Morgan fingerprint density at radius 1 is 1.09 bits per heavy atom. The second-order valence-electron chi connectivity index (χ2n) is 11.6. The topological polar surface area (TPSA) is 90.0 Å². The van der Waals surface area contributed by atoms with Crippen molar-refractivity contribution in [3.8, 4) is 11.5 Å². The number of allylic oxidation sites excluding steroid dienone is 1. The highest BCUT2D eigenvalue weighted by Gasteiger charge is 2.65. The molecule has 234 valence electrons. The first-order valence-electron chi connectivity index (χ1n) is 14.3. The number of halogens is 3. The van der Waals surface area contributed by atoms with Crippen LogP contribution in [0.15, 0.2) is 78.2 Å². The van der Waals surface area contributed by atoms with Crippen molar-refractivity contribution >= 4 is 31.5 Å². The molecule has 0 radical (unpaired) electrons. The van der Waals surface area contributed by atoms with Gasteiger partial charge in [-0.05, 0) is 85.7 Å². The smallest absolute Gasteiger partial charge is 0.217 e. The Hall–Kier alpha value is -2.99. The van der Waals surface area contributed by atoms with Crippen LogP contribution >= 0.6 is 11.6 Å². The third-order valence-electron chi connectivity index (χ3n) is 9.49. The number of ether oxygens (including phenoxy) is 2. The highest BCUT2D eigenvalue weighted by molar-refractivity contribution is 7.92. The van der Waals surface area contributed by atoms with Crippen molar-refractivity contribution in [2.75, 3.05) is 13.7 Å². The van der Waals surface area contributed by atoms with Gasteiger partial charge >= 0.3 is 0 Å². The fourth-order valence-electron chi connectivity index (χ4n) is 7.48. The summed E-state index contributed by atoms with van der Waals surface area (Å²) in [5.41, 5.74) is 0.397. The molecule has 1 aliphatic carbocycles. The van der Waals surface area contributed by atoms with Crippen molar-refractivity contribution in [3.05, 3.63) is 101 Å². The molecule has 2 fully saturated rings. The molecule has 0 aromatic heterocycles. The lowest BCUT2D eigenvalue weighted by Crippen LogP contribution is -2.64. The molecule has 2 heterocycles. The van der Waals surface area contributed by atoms with E-state index in [0.717, 1.165) is 17.7 Å².